The van der Waals surface area contributed by atoms with Crippen molar-refractivity contribution in [1.82, 2.24) is 0 Å². The van der Waals surface area contributed by atoms with Gasteiger partial charge in [0, 0.05) is 0 Å². The monoisotopic (exact) mass is 260 g/mol. The first-order valence-electron chi connectivity index (χ1n) is 7.59. The molecule has 0 aliphatic carbocycles. The van der Waals surface area contributed by atoms with E-state index in [0.717, 1.165) is 0 Å². The van der Waals surface area contributed by atoms with Gasteiger partial charge in [0.2, 0.25) is 0 Å². The summed E-state index contributed by atoms with van der Waals surface area (Å²) < 4.78 is 0. The highest BCUT2D eigenvalue weighted by Gasteiger charge is 2.28. The van der Waals surface area contributed by atoms with Gasteiger partial charge in [-0.2, -0.15) is 0 Å². The van der Waals surface area contributed by atoms with E-state index in [0.29, 0.717) is 5.41 Å². The summed E-state index contributed by atoms with van der Waals surface area (Å²) in [5.74, 6) is 0. The second kappa shape index (κ2) is 5.31. The summed E-state index contributed by atoms with van der Waals surface area (Å²) in [5, 5.41) is 0. The van der Waals surface area contributed by atoms with Crippen LogP contribution >= 0.6 is 0 Å². The minimum Gasteiger partial charge on any atom is -0.0646 e. The van der Waals surface area contributed by atoms with E-state index in [1.54, 1.807) is 0 Å². The average Bonchev–Trinajstić information content (AvgIpc) is 2.26. The number of hydrogen-bond donors (Lipinski definition) is 0. The van der Waals surface area contributed by atoms with Crippen molar-refractivity contribution in [2.45, 2.75) is 79.1 Å². The fourth-order valence-corrected chi connectivity index (χ4v) is 2.99. The van der Waals surface area contributed by atoms with Gasteiger partial charge in [-0.25, -0.2) is 0 Å². The fourth-order valence-electron chi connectivity index (χ4n) is 2.99. The molecule has 0 spiro atoms. The molecule has 0 heteroatoms. The van der Waals surface area contributed by atoms with E-state index in [1.807, 2.05) is 0 Å². The Hall–Kier alpha value is -0.780. The van der Waals surface area contributed by atoms with Crippen LogP contribution in [-0.2, 0) is 10.8 Å². The van der Waals surface area contributed by atoms with E-state index in [1.165, 1.54) is 24.0 Å². The molecule has 0 heterocycles. The lowest BCUT2D eigenvalue weighted by molar-refractivity contribution is 0.284. The standard InChI is InChI=1S/C19H32/c1-9-18(5,6)15-11-10-12-16(13-15)19(7,8)14-17(2,3)4/h10-13H,9,14H2,1-8H3. The summed E-state index contributed by atoms with van der Waals surface area (Å²) in [6.07, 6.45) is 2.38. The minimum absolute atomic E-state index is 0.234. The van der Waals surface area contributed by atoms with Crippen LogP contribution in [0.25, 0.3) is 0 Å². The lowest BCUT2D eigenvalue weighted by atomic mass is 9.71. The lowest BCUT2D eigenvalue weighted by Crippen LogP contribution is -2.25. The molecule has 0 aliphatic heterocycles. The summed E-state index contributed by atoms with van der Waals surface area (Å²) in [7, 11) is 0. The zero-order valence-corrected chi connectivity index (χ0v) is 14.2. The molecule has 0 bridgehead atoms. The molecule has 0 unspecified atom stereocenters. The van der Waals surface area contributed by atoms with Crippen molar-refractivity contribution < 1.29 is 0 Å². The molecule has 0 nitrogen and oxygen atoms in total. The van der Waals surface area contributed by atoms with Gasteiger partial charge < -0.3 is 0 Å². The second-order valence-electron chi connectivity index (χ2n) is 8.44. The molecule has 19 heavy (non-hydrogen) atoms. The first-order chi connectivity index (χ1) is 8.48. The van der Waals surface area contributed by atoms with Crippen molar-refractivity contribution in [3.63, 3.8) is 0 Å². The van der Waals surface area contributed by atoms with E-state index < -0.39 is 0 Å². The van der Waals surface area contributed by atoms with Gasteiger partial charge in [-0.15, -0.1) is 0 Å². The minimum atomic E-state index is 0.234. The third-order valence-electron chi connectivity index (χ3n) is 4.28. The van der Waals surface area contributed by atoms with Crippen LogP contribution in [0.3, 0.4) is 0 Å². The first-order valence-corrected chi connectivity index (χ1v) is 7.59. The molecule has 0 atom stereocenters. The average molecular weight is 260 g/mol. The molecule has 0 saturated heterocycles. The molecular weight excluding hydrogens is 228 g/mol. The van der Waals surface area contributed by atoms with Crippen molar-refractivity contribution >= 4 is 0 Å². The Kier molecular flexibility index (Phi) is 4.55. The van der Waals surface area contributed by atoms with Gasteiger partial charge in [-0.3, -0.25) is 0 Å². The maximum absolute atomic E-state index is 2.43. The van der Waals surface area contributed by atoms with Crippen LogP contribution in [0, 0.1) is 5.41 Å². The Morgan fingerprint density at radius 3 is 1.68 bits per heavy atom. The largest absolute Gasteiger partial charge is 0.0646 e. The molecular formula is C19H32. The van der Waals surface area contributed by atoms with E-state index in [4.69, 9.17) is 0 Å². The van der Waals surface area contributed by atoms with Crippen LogP contribution in [-0.4, -0.2) is 0 Å². The topological polar surface area (TPSA) is 0 Å². The molecule has 0 fully saturated rings. The van der Waals surface area contributed by atoms with Gasteiger partial charge in [0.05, 0.1) is 0 Å². The molecule has 0 aliphatic rings. The predicted octanol–water partition coefficient (Wildman–Crippen LogP) is 6.09. The molecule has 0 radical (unpaired) electrons. The smallest absolute Gasteiger partial charge is 0.00985 e. The van der Waals surface area contributed by atoms with Crippen molar-refractivity contribution in [2.24, 2.45) is 5.41 Å². The fraction of sp³-hybridized carbons (Fsp3) is 0.684. The van der Waals surface area contributed by atoms with E-state index >= 15 is 0 Å². The summed E-state index contributed by atoms with van der Waals surface area (Å²) in [4.78, 5) is 0. The van der Waals surface area contributed by atoms with Gasteiger partial charge in [-0.05, 0) is 40.2 Å². The van der Waals surface area contributed by atoms with E-state index in [9.17, 15) is 0 Å². The maximum Gasteiger partial charge on any atom is -0.00985 e. The van der Waals surface area contributed by atoms with Crippen LogP contribution in [0.1, 0.15) is 79.4 Å². The molecule has 0 N–H and O–H groups in total. The predicted molar refractivity (Wildman–Crippen MR) is 86.9 cm³/mol. The third kappa shape index (κ3) is 4.37. The highest BCUT2D eigenvalue weighted by atomic mass is 14.3. The summed E-state index contributed by atoms with van der Waals surface area (Å²) in [6.45, 7) is 18.7. The zero-order valence-electron chi connectivity index (χ0n) is 14.2. The Morgan fingerprint density at radius 2 is 1.26 bits per heavy atom. The van der Waals surface area contributed by atoms with Gasteiger partial charge in [-0.1, -0.05) is 79.7 Å². The van der Waals surface area contributed by atoms with Gasteiger partial charge in [0.1, 0.15) is 0 Å². The summed E-state index contributed by atoms with van der Waals surface area (Å²) in [6, 6.07) is 9.23. The van der Waals surface area contributed by atoms with Crippen molar-refractivity contribution in [1.29, 1.82) is 0 Å². The van der Waals surface area contributed by atoms with Crippen molar-refractivity contribution in [3.05, 3.63) is 35.4 Å². The Morgan fingerprint density at radius 1 is 0.789 bits per heavy atom. The molecule has 108 valence electrons. The molecule has 0 aromatic heterocycles. The molecule has 0 amide bonds. The molecule has 0 saturated carbocycles. The highest BCUT2D eigenvalue weighted by Crippen LogP contribution is 2.38. The van der Waals surface area contributed by atoms with E-state index in [-0.39, 0.29) is 10.8 Å². The number of benzene rings is 1. The SMILES string of the molecule is CCC(C)(C)c1cccc(C(C)(C)CC(C)(C)C)c1. The first kappa shape index (κ1) is 16.3. The maximum atomic E-state index is 2.43. The number of rotatable bonds is 4. The van der Waals surface area contributed by atoms with Crippen molar-refractivity contribution in [3.8, 4) is 0 Å². The van der Waals surface area contributed by atoms with Crippen LogP contribution in [0.5, 0.6) is 0 Å². The third-order valence-corrected chi connectivity index (χ3v) is 4.28. The summed E-state index contributed by atoms with van der Waals surface area (Å²) >= 11 is 0. The Labute approximate surface area is 120 Å². The van der Waals surface area contributed by atoms with Gasteiger partial charge in [0.25, 0.3) is 0 Å². The van der Waals surface area contributed by atoms with Crippen LogP contribution in [0.4, 0.5) is 0 Å². The van der Waals surface area contributed by atoms with Gasteiger partial charge >= 0.3 is 0 Å². The Bertz CT molecular complexity index is 416. The van der Waals surface area contributed by atoms with Crippen LogP contribution in [0.15, 0.2) is 24.3 Å². The molecule has 1 aromatic carbocycles. The molecule has 1 rings (SSSR count). The van der Waals surface area contributed by atoms with Crippen LogP contribution in [0.2, 0.25) is 0 Å². The van der Waals surface area contributed by atoms with E-state index in [2.05, 4.69) is 79.7 Å². The Balaban J connectivity index is 3.12. The van der Waals surface area contributed by atoms with Crippen LogP contribution < -0.4 is 0 Å². The normalized spacial score (nSPS) is 13.7. The quantitative estimate of drug-likeness (QED) is 0.614. The molecule has 1 aromatic rings. The highest BCUT2D eigenvalue weighted by molar-refractivity contribution is 5.33. The second-order valence-corrected chi connectivity index (χ2v) is 8.44. The van der Waals surface area contributed by atoms with Gasteiger partial charge in [0.15, 0.2) is 0 Å². The van der Waals surface area contributed by atoms with Crippen molar-refractivity contribution in [2.75, 3.05) is 0 Å². The number of hydrogen-bond acceptors (Lipinski definition) is 0. The lowest BCUT2D eigenvalue weighted by Gasteiger charge is -2.34. The summed E-state index contributed by atoms with van der Waals surface area (Å²) in [5.41, 5.74) is 3.81. The zero-order chi connectivity index (χ0) is 14.9.